The number of rotatable bonds is 6. The molecule has 1 heterocycles. The third kappa shape index (κ3) is 3.03. The Labute approximate surface area is 123 Å². The van der Waals surface area contributed by atoms with Gasteiger partial charge in [0.2, 0.25) is 0 Å². The van der Waals surface area contributed by atoms with Crippen LogP contribution in [0.2, 0.25) is 0 Å². The SMILES string of the molecule is C=CCCOc1nsnc1OC12CCC(CC1)C2.Cl. The van der Waals surface area contributed by atoms with Crippen LogP contribution in [-0.2, 0) is 0 Å². The number of ether oxygens (including phenoxy) is 2. The molecule has 0 N–H and O–H groups in total. The fraction of sp³-hybridized carbons (Fsp3) is 0.692. The van der Waals surface area contributed by atoms with E-state index in [4.69, 9.17) is 9.47 Å². The van der Waals surface area contributed by atoms with E-state index in [1.807, 2.05) is 6.08 Å². The smallest absolute Gasteiger partial charge is 0.291 e. The van der Waals surface area contributed by atoms with Gasteiger partial charge in [0, 0.05) is 0 Å². The summed E-state index contributed by atoms with van der Waals surface area (Å²) in [6.07, 6.45) is 8.72. The van der Waals surface area contributed by atoms with Crippen LogP contribution >= 0.6 is 24.1 Å². The molecule has 19 heavy (non-hydrogen) atoms. The number of nitrogens with zero attached hydrogens (tertiary/aromatic N) is 2. The second-order valence-electron chi connectivity index (χ2n) is 5.23. The summed E-state index contributed by atoms with van der Waals surface area (Å²) in [5.41, 5.74) is 0.0248. The standard InChI is InChI=1S/C13H18N2O2S.ClH/c1-2-3-8-16-11-12(15-18-14-11)17-13-6-4-10(9-13)5-7-13;/h2,10H,1,3-9H2;1H. The lowest BCUT2D eigenvalue weighted by Gasteiger charge is -2.26. The molecule has 106 valence electrons. The van der Waals surface area contributed by atoms with Crippen molar-refractivity contribution in [3.8, 4) is 11.8 Å². The quantitative estimate of drug-likeness (QED) is 0.594. The van der Waals surface area contributed by atoms with Crippen molar-refractivity contribution >= 4 is 24.1 Å². The molecule has 0 radical (unpaired) electrons. The highest BCUT2D eigenvalue weighted by Crippen LogP contribution is 2.50. The first kappa shape index (κ1) is 14.6. The molecule has 2 saturated carbocycles. The number of fused-ring (bicyclic) bond motifs is 2. The minimum Gasteiger partial charge on any atom is -0.473 e. The minimum atomic E-state index is 0. The van der Waals surface area contributed by atoms with Gasteiger partial charge in [-0.15, -0.1) is 27.7 Å². The summed E-state index contributed by atoms with van der Waals surface area (Å²) in [6, 6.07) is 0. The first-order chi connectivity index (χ1) is 8.81. The maximum absolute atomic E-state index is 6.14. The average Bonchev–Trinajstić information content (AvgIpc) is 3.06. The van der Waals surface area contributed by atoms with E-state index >= 15 is 0 Å². The Morgan fingerprint density at radius 3 is 2.68 bits per heavy atom. The predicted octanol–water partition coefficient (Wildman–Crippen LogP) is 3.63. The first-order valence-corrected chi connectivity index (χ1v) is 7.30. The molecular formula is C13H19ClN2O2S. The average molecular weight is 303 g/mol. The van der Waals surface area contributed by atoms with Gasteiger partial charge in [0.15, 0.2) is 0 Å². The largest absolute Gasteiger partial charge is 0.473 e. The Morgan fingerprint density at radius 1 is 1.32 bits per heavy atom. The van der Waals surface area contributed by atoms with E-state index < -0.39 is 0 Å². The maximum Gasteiger partial charge on any atom is 0.291 e. The topological polar surface area (TPSA) is 44.2 Å². The predicted molar refractivity (Wildman–Crippen MR) is 77.4 cm³/mol. The van der Waals surface area contributed by atoms with Gasteiger partial charge < -0.3 is 9.47 Å². The molecule has 2 aliphatic rings. The van der Waals surface area contributed by atoms with Crippen LogP contribution in [-0.4, -0.2) is 21.0 Å². The van der Waals surface area contributed by atoms with E-state index in [1.165, 1.54) is 19.3 Å². The molecule has 0 amide bonds. The van der Waals surface area contributed by atoms with E-state index in [-0.39, 0.29) is 18.0 Å². The molecule has 4 nitrogen and oxygen atoms in total. The van der Waals surface area contributed by atoms with Crippen LogP contribution in [0.1, 0.15) is 38.5 Å². The Morgan fingerprint density at radius 2 is 2.05 bits per heavy atom. The molecule has 0 aliphatic heterocycles. The second kappa shape index (κ2) is 6.09. The zero-order chi connectivity index (χ0) is 12.4. The molecule has 1 aromatic rings. The minimum absolute atomic E-state index is 0. The first-order valence-electron chi connectivity index (χ1n) is 6.57. The monoisotopic (exact) mass is 302 g/mol. The Hall–Kier alpha value is -0.810. The van der Waals surface area contributed by atoms with E-state index in [0.717, 1.165) is 36.9 Å². The summed E-state index contributed by atoms with van der Waals surface area (Å²) in [6.45, 7) is 4.25. The third-order valence-corrected chi connectivity index (χ3v) is 4.48. The number of aromatic nitrogens is 2. The summed E-state index contributed by atoms with van der Waals surface area (Å²) in [5, 5.41) is 0. The maximum atomic E-state index is 6.14. The van der Waals surface area contributed by atoms with E-state index in [0.29, 0.717) is 18.4 Å². The van der Waals surface area contributed by atoms with Gasteiger partial charge >= 0.3 is 0 Å². The van der Waals surface area contributed by atoms with Crippen LogP contribution in [0.3, 0.4) is 0 Å². The van der Waals surface area contributed by atoms with E-state index in [2.05, 4.69) is 15.3 Å². The van der Waals surface area contributed by atoms with Crippen molar-refractivity contribution in [3.05, 3.63) is 12.7 Å². The number of halogens is 1. The van der Waals surface area contributed by atoms with Crippen LogP contribution in [0.25, 0.3) is 0 Å². The van der Waals surface area contributed by atoms with Crippen molar-refractivity contribution in [2.75, 3.05) is 6.61 Å². The highest BCUT2D eigenvalue weighted by molar-refractivity contribution is 6.99. The summed E-state index contributed by atoms with van der Waals surface area (Å²) >= 11 is 1.15. The lowest BCUT2D eigenvalue weighted by Crippen LogP contribution is -2.30. The van der Waals surface area contributed by atoms with E-state index in [9.17, 15) is 0 Å². The van der Waals surface area contributed by atoms with Crippen molar-refractivity contribution < 1.29 is 9.47 Å². The molecular weight excluding hydrogens is 284 g/mol. The highest BCUT2D eigenvalue weighted by atomic mass is 35.5. The molecule has 0 atom stereocenters. The molecule has 6 heteroatoms. The van der Waals surface area contributed by atoms with Crippen molar-refractivity contribution in [2.24, 2.45) is 5.92 Å². The molecule has 0 saturated heterocycles. The van der Waals surface area contributed by atoms with Crippen molar-refractivity contribution in [1.82, 2.24) is 8.75 Å². The van der Waals surface area contributed by atoms with Crippen LogP contribution in [0.5, 0.6) is 11.8 Å². The Kier molecular flexibility index (Phi) is 4.68. The zero-order valence-corrected chi connectivity index (χ0v) is 12.5. The molecule has 3 rings (SSSR count). The molecule has 1 aromatic heterocycles. The van der Waals surface area contributed by atoms with Gasteiger partial charge in [0.25, 0.3) is 11.8 Å². The summed E-state index contributed by atoms with van der Waals surface area (Å²) in [5.74, 6) is 2.00. The van der Waals surface area contributed by atoms with Crippen molar-refractivity contribution in [2.45, 2.75) is 44.1 Å². The lowest BCUT2D eigenvalue weighted by atomic mass is 9.97. The zero-order valence-electron chi connectivity index (χ0n) is 10.8. The van der Waals surface area contributed by atoms with Gasteiger partial charge in [0.1, 0.15) is 5.60 Å². The molecule has 2 aliphatic carbocycles. The normalized spacial score (nSPS) is 27.9. The number of hydrogen-bond acceptors (Lipinski definition) is 5. The highest BCUT2D eigenvalue weighted by Gasteiger charge is 2.47. The molecule has 2 bridgehead atoms. The number of hydrogen-bond donors (Lipinski definition) is 0. The summed E-state index contributed by atoms with van der Waals surface area (Å²) < 4.78 is 20.1. The van der Waals surface area contributed by atoms with E-state index in [1.54, 1.807) is 0 Å². The fourth-order valence-electron chi connectivity index (χ4n) is 3.05. The summed E-state index contributed by atoms with van der Waals surface area (Å²) in [4.78, 5) is 0. The lowest BCUT2D eigenvalue weighted by molar-refractivity contribution is 0.0707. The van der Waals surface area contributed by atoms with Crippen LogP contribution in [0.15, 0.2) is 12.7 Å². The molecule has 2 fully saturated rings. The van der Waals surface area contributed by atoms with Crippen molar-refractivity contribution in [1.29, 1.82) is 0 Å². The molecule has 0 unspecified atom stereocenters. The molecule has 0 aromatic carbocycles. The second-order valence-corrected chi connectivity index (χ2v) is 5.76. The van der Waals surface area contributed by atoms with Crippen LogP contribution in [0.4, 0.5) is 0 Å². The molecule has 0 spiro atoms. The van der Waals surface area contributed by atoms with Crippen molar-refractivity contribution in [3.63, 3.8) is 0 Å². The Bertz CT molecular complexity index is 430. The summed E-state index contributed by atoms with van der Waals surface area (Å²) in [7, 11) is 0. The van der Waals surface area contributed by atoms with Gasteiger partial charge in [0.05, 0.1) is 18.3 Å². The van der Waals surface area contributed by atoms with Gasteiger partial charge in [-0.3, -0.25) is 0 Å². The van der Waals surface area contributed by atoms with Gasteiger partial charge in [-0.25, -0.2) is 0 Å². The van der Waals surface area contributed by atoms with Gasteiger partial charge in [-0.2, -0.15) is 0 Å². The Balaban J connectivity index is 0.00000133. The fourth-order valence-corrected chi connectivity index (χ4v) is 3.48. The van der Waals surface area contributed by atoms with Crippen LogP contribution in [0, 0.1) is 5.92 Å². The van der Waals surface area contributed by atoms with Gasteiger partial charge in [-0.05, 0) is 44.4 Å². The third-order valence-electron chi connectivity index (χ3n) is 3.98. The van der Waals surface area contributed by atoms with Gasteiger partial charge in [-0.1, -0.05) is 6.08 Å². The van der Waals surface area contributed by atoms with Crippen LogP contribution < -0.4 is 9.47 Å².